The zero-order valence-electron chi connectivity index (χ0n) is 13.5. The number of amidine groups is 1. The van der Waals surface area contributed by atoms with E-state index in [-0.39, 0.29) is 11.5 Å². The number of benzene rings is 2. The summed E-state index contributed by atoms with van der Waals surface area (Å²) in [7, 11) is 0. The molecule has 0 N–H and O–H groups in total. The Bertz CT molecular complexity index is 914. The van der Waals surface area contributed by atoms with Gasteiger partial charge in [0.25, 0.3) is 0 Å². The number of rotatable bonds is 2. The number of hydrogen-bond acceptors (Lipinski definition) is 3. The molecule has 2 atom stereocenters. The van der Waals surface area contributed by atoms with E-state index in [1.807, 2.05) is 6.26 Å². The van der Waals surface area contributed by atoms with Crippen molar-refractivity contribution in [3.8, 4) is 0 Å². The molecular weight excluding hydrogens is 296 g/mol. The predicted molar refractivity (Wildman–Crippen MR) is 94.3 cm³/mol. The van der Waals surface area contributed by atoms with E-state index in [4.69, 9.17) is 9.41 Å². The van der Waals surface area contributed by atoms with Gasteiger partial charge in [0.2, 0.25) is 0 Å². The molecular formula is C21H18N2O. The van der Waals surface area contributed by atoms with E-state index in [1.165, 1.54) is 16.7 Å². The average Bonchev–Trinajstić information content (AvgIpc) is 3.15. The minimum Gasteiger partial charge on any atom is -0.472 e. The van der Waals surface area contributed by atoms with Gasteiger partial charge in [0.05, 0.1) is 29.7 Å². The normalized spacial score (nSPS) is 24.6. The molecule has 3 heterocycles. The van der Waals surface area contributed by atoms with Gasteiger partial charge in [-0.1, -0.05) is 48.5 Å². The van der Waals surface area contributed by atoms with Crippen LogP contribution < -0.4 is 0 Å². The smallest absolute Gasteiger partial charge is 0.119 e. The highest BCUT2D eigenvalue weighted by Gasteiger charge is 2.57. The van der Waals surface area contributed by atoms with Crippen molar-refractivity contribution in [2.45, 2.75) is 24.9 Å². The first-order valence-electron chi connectivity index (χ1n) is 8.30. The van der Waals surface area contributed by atoms with Crippen LogP contribution in [0.3, 0.4) is 0 Å². The molecule has 0 saturated carbocycles. The van der Waals surface area contributed by atoms with E-state index in [0.29, 0.717) is 0 Å². The van der Waals surface area contributed by atoms with Crippen LogP contribution in [0, 0.1) is 0 Å². The van der Waals surface area contributed by atoms with Crippen LogP contribution in [-0.4, -0.2) is 10.7 Å². The highest BCUT2D eigenvalue weighted by molar-refractivity contribution is 6.02. The van der Waals surface area contributed by atoms with Crippen molar-refractivity contribution in [2.24, 2.45) is 4.99 Å². The second kappa shape index (κ2) is 4.84. The highest BCUT2D eigenvalue weighted by Crippen LogP contribution is 2.55. The van der Waals surface area contributed by atoms with Crippen LogP contribution in [0.25, 0.3) is 0 Å². The van der Waals surface area contributed by atoms with Gasteiger partial charge < -0.3 is 9.32 Å². The van der Waals surface area contributed by atoms with E-state index in [1.54, 1.807) is 6.26 Å². The maximum atomic E-state index is 5.38. The molecule has 0 unspecified atom stereocenters. The van der Waals surface area contributed by atoms with Crippen molar-refractivity contribution in [2.75, 3.05) is 0 Å². The number of hydrogen-bond donors (Lipinski definition) is 0. The Morgan fingerprint density at radius 1 is 1.04 bits per heavy atom. The molecule has 0 radical (unpaired) electrons. The summed E-state index contributed by atoms with van der Waals surface area (Å²) < 4.78 is 5.38. The molecule has 0 amide bonds. The van der Waals surface area contributed by atoms with E-state index in [2.05, 4.69) is 72.5 Å². The lowest BCUT2D eigenvalue weighted by Crippen LogP contribution is -2.64. The molecule has 0 aliphatic carbocycles. The molecule has 0 spiro atoms. The standard InChI is InChI=1S/C21H18N2O/c1-21(17-8-3-2-4-9-17)19(16-11-12-24-14-16)23-13-15-7-5-6-10-18(15)22-20(21)23/h2-12,14,19H,13H2,1H3/t19-,21+/m0/s1. The summed E-state index contributed by atoms with van der Waals surface area (Å²) >= 11 is 0. The van der Waals surface area contributed by atoms with Crippen LogP contribution in [0.1, 0.15) is 29.7 Å². The lowest BCUT2D eigenvalue weighted by molar-refractivity contribution is 0.143. The van der Waals surface area contributed by atoms with Crippen molar-refractivity contribution >= 4 is 11.5 Å². The molecule has 2 aliphatic rings. The van der Waals surface area contributed by atoms with E-state index in [9.17, 15) is 0 Å². The third-order valence-electron chi connectivity index (χ3n) is 5.39. The van der Waals surface area contributed by atoms with Gasteiger partial charge in [-0.25, -0.2) is 4.99 Å². The average molecular weight is 314 g/mol. The largest absolute Gasteiger partial charge is 0.472 e. The van der Waals surface area contributed by atoms with Crippen molar-refractivity contribution < 1.29 is 4.42 Å². The summed E-state index contributed by atoms with van der Waals surface area (Å²) in [4.78, 5) is 7.42. The number of para-hydroxylation sites is 1. The molecule has 1 aromatic heterocycles. The molecule has 0 bridgehead atoms. The maximum Gasteiger partial charge on any atom is 0.119 e. The van der Waals surface area contributed by atoms with Crippen molar-refractivity contribution in [3.63, 3.8) is 0 Å². The molecule has 24 heavy (non-hydrogen) atoms. The Balaban J connectivity index is 1.70. The maximum absolute atomic E-state index is 5.38. The molecule has 3 heteroatoms. The van der Waals surface area contributed by atoms with Gasteiger partial charge in [0, 0.05) is 12.1 Å². The third-order valence-corrected chi connectivity index (χ3v) is 5.39. The Labute approximate surface area is 141 Å². The minimum absolute atomic E-state index is 0.140. The van der Waals surface area contributed by atoms with E-state index >= 15 is 0 Å². The Kier molecular flexibility index (Phi) is 2.75. The Hall–Kier alpha value is -2.81. The van der Waals surface area contributed by atoms with Crippen LogP contribution in [0.4, 0.5) is 5.69 Å². The van der Waals surface area contributed by atoms with Gasteiger partial charge in [0.15, 0.2) is 0 Å². The summed E-state index contributed by atoms with van der Waals surface area (Å²) in [5, 5.41) is 0. The van der Waals surface area contributed by atoms with Gasteiger partial charge in [-0.05, 0) is 30.2 Å². The topological polar surface area (TPSA) is 28.7 Å². The first-order valence-corrected chi connectivity index (χ1v) is 8.30. The summed E-state index contributed by atoms with van der Waals surface area (Å²) in [6.45, 7) is 3.19. The predicted octanol–water partition coefficient (Wildman–Crippen LogP) is 4.84. The van der Waals surface area contributed by atoms with E-state index in [0.717, 1.165) is 18.1 Å². The molecule has 3 nitrogen and oxygen atoms in total. The minimum atomic E-state index is -0.140. The zero-order valence-corrected chi connectivity index (χ0v) is 13.5. The van der Waals surface area contributed by atoms with Crippen molar-refractivity contribution in [1.29, 1.82) is 0 Å². The van der Waals surface area contributed by atoms with E-state index < -0.39 is 0 Å². The second-order valence-electron chi connectivity index (χ2n) is 6.72. The Morgan fingerprint density at radius 3 is 2.62 bits per heavy atom. The van der Waals surface area contributed by atoms with Crippen LogP contribution in [0.15, 0.2) is 82.6 Å². The number of nitrogens with zero attached hydrogens (tertiary/aromatic N) is 2. The molecule has 2 aliphatic heterocycles. The summed E-state index contributed by atoms with van der Waals surface area (Å²) in [6, 6.07) is 21.4. The van der Waals surface area contributed by atoms with Crippen molar-refractivity contribution in [1.82, 2.24) is 4.90 Å². The fourth-order valence-electron chi connectivity index (χ4n) is 4.20. The molecule has 2 aromatic carbocycles. The monoisotopic (exact) mass is 314 g/mol. The summed E-state index contributed by atoms with van der Waals surface area (Å²) in [5.41, 5.74) is 4.74. The van der Waals surface area contributed by atoms with Crippen LogP contribution in [0.2, 0.25) is 0 Å². The number of aliphatic imine (C=N–C) groups is 1. The molecule has 5 rings (SSSR count). The SMILES string of the molecule is C[C@]1(c2ccccc2)C2=Nc3ccccc3CN2[C@H]1c1ccoc1. The van der Waals surface area contributed by atoms with Gasteiger partial charge in [-0.15, -0.1) is 0 Å². The van der Waals surface area contributed by atoms with Crippen LogP contribution in [0.5, 0.6) is 0 Å². The lowest BCUT2D eigenvalue weighted by atomic mass is 9.64. The molecule has 1 saturated heterocycles. The zero-order chi connectivity index (χ0) is 16.1. The Morgan fingerprint density at radius 2 is 1.83 bits per heavy atom. The summed E-state index contributed by atoms with van der Waals surface area (Å²) in [6.07, 6.45) is 3.62. The second-order valence-corrected chi connectivity index (χ2v) is 6.72. The third kappa shape index (κ3) is 1.70. The first-order chi connectivity index (χ1) is 11.8. The highest BCUT2D eigenvalue weighted by atomic mass is 16.3. The van der Waals surface area contributed by atoms with Gasteiger partial charge in [-0.3, -0.25) is 0 Å². The molecule has 118 valence electrons. The number of fused-ring (bicyclic) bond motifs is 2. The van der Waals surface area contributed by atoms with Gasteiger partial charge in [-0.2, -0.15) is 0 Å². The number of furan rings is 1. The first kappa shape index (κ1) is 13.6. The molecule has 1 fully saturated rings. The fraction of sp³-hybridized carbons (Fsp3) is 0.190. The van der Waals surface area contributed by atoms with Crippen molar-refractivity contribution in [3.05, 3.63) is 89.9 Å². The fourth-order valence-corrected chi connectivity index (χ4v) is 4.20. The lowest BCUT2D eigenvalue weighted by Gasteiger charge is -2.59. The molecule has 3 aromatic rings. The van der Waals surface area contributed by atoms with Gasteiger partial charge in [0.1, 0.15) is 5.84 Å². The summed E-state index contributed by atoms with van der Waals surface area (Å²) in [5.74, 6) is 1.15. The van der Waals surface area contributed by atoms with Crippen LogP contribution >= 0.6 is 0 Å². The quantitative estimate of drug-likeness (QED) is 0.677. The van der Waals surface area contributed by atoms with Crippen LogP contribution in [-0.2, 0) is 12.0 Å². The van der Waals surface area contributed by atoms with Gasteiger partial charge >= 0.3 is 0 Å².